The lowest BCUT2D eigenvalue weighted by atomic mass is 10.3. The highest BCUT2D eigenvalue weighted by Gasteiger charge is 2.05. The number of alkyl halides is 1. The smallest absolute Gasteiger partial charge is 0.161 e. The van der Waals surface area contributed by atoms with Crippen LogP contribution in [0, 0.1) is 0 Å². The molecule has 0 saturated heterocycles. The van der Waals surface area contributed by atoms with Crippen molar-refractivity contribution < 1.29 is 9.47 Å². The summed E-state index contributed by atoms with van der Waals surface area (Å²) in [5.74, 6) is 2.34. The van der Waals surface area contributed by atoms with E-state index in [0.29, 0.717) is 19.1 Å². The van der Waals surface area contributed by atoms with E-state index in [0.717, 1.165) is 37.6 Å². The largest absolute Gasteiger partial charge is 0.490 e. The molecule has 0 fully saturated rings. The Morgan fingerprint density at radius 2 is 1.74 bits per heavy atom. The second-order valence-electron chi connectivity index (χ2n) is 4.21. The van der Waals surface area contributed by atoms with Gasteiger partial charge < -0.3 is 14.4 Å². The van der Waals surface area contributed by atoms with Crippen molar-refractivity contribution in [3.05, 3.63) is 24.3 Å². The summed E-state index contributed by atoms with van der Waals surface area (Å²) >= 11 is 5.71. The molecule has 0 N–H and O–H groups in total. The molecule has 0 radical (unpaired) electrons. The lowest BCUT2D eigenvalue weighted by Crippen LogP contribution is -2.29. The van der Waals surface area contributed by atoms with Crippen LogP contribution >= 0.6 is 11.6 Å². The number of halogens is 1. The summed E-state index contributed by atoms with van der Waals surface area (Å²) in [5, 5.41) is 0. The fraction of sp³-hybridized carbons (Fsp3) is 0.600. The summed E-state index contributed by atoms with van der Waals surface area (Å²) in [4.78, 5) is 2.34. The molecule has 0 aliphatic carbocycles. The number of hydrogen-bond donors (Lipinski definition) is 0. The maximum atomic E-state index is 5.80. The zero-order valence-electron chi connectivity index (χ0n) is 11.9. The van der Waals surface area contributed by atoms with Crippen molar-refractivity contribution in [3.63, 3.8) is 0 Å². The number of ether oxygens (including phenoxy) is 2. The van der Waals surface area contributed by atoms with Gasteiger partial charge >= 0.3 is 0 Å². The van der Waals surface area contributed by atoms with Crippen molar-refractivity contribution in [3.8, 4) is 11.5 Å². The van der Waals surface area contributed by atoms with E-state index in [9.17, 15) is 0 Å². The van der Waals surface area contributed by atoms with Gasteiger partial charge in [0.1, 0.15) is 6.61 Å². The summed E-state index contributed by atoms with van der Waals surface area (Å²) < 4.78 is 11.3. The molecule has 0 saturated carbocycles. The van der Waals surface area contributed by atoms with Crippen molar-refractivity contribution in [2.24, 2.45) is 0 Å². The van der Waals surface area contributed by atoms with Crippen LogP contribution in [0.1, 0.15) is 20.3 Å². The average molecular weight is 286 g/mol. The van der Waals surface area contributed by atoms with E-state index in [2.05, 4.69) is 11.8 Å². The van der Waals surface area contributed by atoms with Crippen LogP contribution in [0.5, 0.6) is 11.5 Å². The quantitative estimate of drug-likeness (QED) is 0.615. The Hall–Kier alpha value is -0.930. The molecule has 0 atom stereocenters. The molecule has 0 aromatic heterocycles. The van der Waals surface area contributed by atoms with Crippen molar-refractivity contribution >= 4 is 11.6 Å². The van der Waals surface area contributed by atoms with E-state index in [1.165, 1.54) is 0 Å². The molecule has 1 aromatic carbocycles. The highest BCUT2D eigenvalue weighted by atomic mass is 35.5. The molecule has 0 aliphatic rings. The minimum Gasteiger partial charge on any atom is -0.490 e. The monoisotopic (exact) mass is 285 g/mol. The first-order valence-corrected chi connectivity index (χ1v) is 7.48. The van der Waals surface area contributed by atoms with Gasteiger partial charge in [0.05, 0.1) is 6.61 Å². The summed E-state index contributed by atoms with van der Waals surface area (Å²) in [5.41, 5.74) is 0. The minimum atomic E-state index is 0.650. The lowest BCUT2D eigenvalue weighted by molar-refractivity contribution is 0.208. The van der Waals surface area contributed by atoms with Gasteiger partial charge in [-0.05, 0) is 38.6 Å². The van der Waals surface area contributed by atoms with Crippen LogP contribution < -0.4 is 9.47 Å². The maximum Gasteiger partial charge on any atom is 0.161 e. The molecule has 0 spiro atoms. The highest BCUT2D eigenvalue weighted by Crippen LogP contribution is 2.26. The first kappa shape index (κ1) is 16.1. The fourth-order valence-electron chi connectivity index (χ4n) is 1.84. The second-order valence-corrected chi connectivity index (χ2v) is 4.58. The SMILES string of the molecule is CCOc1ccccc1OCCN(CC)CCCCl. The van der Waals surface area contributed by atoms with Crippen molar-refractivity contribution in [2.75, 3.05) is 38.7 Å². The zero-order valence-corrected chi connectivity index (χ0v) is 12.7. The normalized spacial score (nSPS) is 10.7. The van der Waals surface area contributed by atoms with E-state index in [1.807, 2.05) is 31.2 Å². The molecule has 1 rings (SSSR count). The second kappa shape index (κ2) is 9.93. The summed E-state index contributed by atoms with van der Waals surface area (Å²) in [7, 11) is 0. The average Bonchev–Trinajstić information content (AvgIpc) is 2.44. The van der Waals surface area contributed by atoms with Crippen LogP contribution in [0.25, 0.3) is 0 Å². The molecule has 3 nitrogen and oxygen atoms in total. The Kier molecular flexibility index (Phi) is 8.43. The number of para-hydroxylation sites is 2. The number of nitrogens with zero attached hydrogens (tertiary/aromatic N) is 1. The van der Waals surface area contributed by atoms with Gasteiger partial charge in [0.25, 0.3) is 0 Å². The van der Waals surface area contributed by atoms with Crippen molar-refractivity contribution in [1.82, 2.24) is 4.90 Å². The maximum absolute atomic E-state index is 5.80. The predicted molar refractivity (Wildman–Crippen MR) is 80.6 cm³/mol. The third-order valence-corrected chi connectivity index (χ3v) is 3.14. The van der Waals surface area contributed by atoms with Crippen LogP contribution in [0.4, 0.5) is 0 Å². The lowest BCUT2D eigenvalue weighted by Gasteiger charge is -2.20. The Bertz CT molecular complexity index is 347. The summed E-state index contributed by atoms with van der Waals surface area (Å²) in [6.07, 6.45) is 1.02. The number of hydrogen-bond acceptors (Lipinski definition) is 3. The molecular formula is C15H24ClNO2. The molecule has 0 aliphatic heterocycles. The van der Waals surface area contributed by atoms with Gasteiger partial charge in [-0.2, -0.15) is 0 Å². The Balaban J connectivity index is 2.39. The van der Waals surface area contributed by atoms with E-state index >= 15 is 0 Å². The molecule has 0 unspecified atom stereocenters. The summed E-state index contributed by atoms with van der Waals surface area (Å²) in [6.45, 7) is 8.40. The van der Waals surface area contributed by atoms with E-state index < -0.39 is 0 Å². The highest BCUT2D eigenvalue weighted by molar-refractivity contribution is 6.17. The topological polar surface area (TPSA) is 21.7 Å². The predicted octanol–water partition coefficient (Wildman–Crippen LogP) is 3.41. The first-order chi connectivity index (χ1) is 9.31. The number of rotatable bonds is 10. The van der Waals surface area contributed by atoms with E-state index in [-0.39, 0.29) is 0 Å². The Morgan fingerprint density at radius 3 is 2.32 bits per heavy atom. The van der Waals surface area contributed by atoms with Gasteiger partial charge in [-0.3, -0.25) is 0 Å². The molecule has 19 heavy (non-hydrogen) atoms. The van der Waals surface area contributed by atoms with E-state index in [1.54, 1.807) is 0 Å². The fourth-order valence-corrected chi connectivity index (χ4v) is 1.96. The Morgan fingerprint density at radius 1 is 1.05 bits per heavy atom. The minimum absolute atomic E-state index is 0.650. The standard InChI is InChI=1S/C15H24ClNO2/c1-3-17(11-7-10-16)12-13-19-15-9-6-5-8-14(15)18-4-2/h5-6,8-9H,3-4,7,10-13H2,1-2H3. The number of benzene rings is 1. The van der Waals surface area contributed by atoms with Gasteiger partial charge in [-0.25, -0.2) is 0 Å². The third kappa shape index (κ3) is 6.17. The molecule has 0 bridgehead atoms. The van der Waals surface area contributed by atoms with Crippen LogP contribution in [0.15, 0.2) is 24.3 Å². The molecule has 108 valence electrons. The van der Waals surface area contributed by atoms with Gasteiger partial charge in [0.2, 0.25) is 0 Å². The van der Waals surface area contributed by atoms with Crippen molar-refractivity contribution in [1.29, 1.82) is 0 Å². The van der Waals surface area contributed by atoms with Crippen LogP contribution in [0.3, 0.4) is 0 Å². The molecule has 0 amide bonds. The number of likely N-dealkylation sites (N-methyl/N-ethyl adjacent to an activating group) is 1. The van der Waals surface area contributed by atoms with Gasteiger partial charge in [0, 0.05) is 12.4 Å². The van der Waals surface area contributed by atoms with Crippen molar-refractivity contribution in [2.45, 2.75) is 20.3 Å². The zero-order chi connectivity index (χ0) is 13.9. The van der Waals surface area contributed by atoms with Gasteiger partial charge in [-0.15, -0.1) is 11.6 Å². The first-order valence-electron chi connectivity index (χ1n) is 6.94. The van der Waals surface area contributed by atoms with Gasteiger partial charge in [0.15, 0.2) is 11.5 Å². The molecule has 1 aromatic rings. The van der Waals surface area contributed by atoms with Gasteiger partial charge in [-0.1, -0.05) is 19.1 Å². The Labute approximate surface area is 121 Å². The van der Waals surface area contributed by atoms with Crippen LogP contribution in [-0.2, 0) is 0 Å². The van der Waals surface area contributed by atoms with Crippen LogP contribution in [-0.4, -0.2) is 43.6 Å². The molecular weight excluding hydrogens is 262 g/mol. The van der Waals surface area contributed by atoms with E-state index in [4.69, 9.17) is 21.1 Å². The molecule has 4 heteroatoms. The summed E-state index contributed by atoms with van der Waals surface area (Å²) in [6, 6.07) is 7.80. The van der Waals surface area contributed by atoms with Crippen LogP contribution in [0.2, 0.25) is 0 Å². The third-order valence-electron chi connectivity index (χ3n) is 2.87. The molecule has 0 heterocycles.